The minimum Gasteiger partial charge on any atom is -0.380 e. The Bertz CT molecular complexity index is 746. The van der Waals surface area contributed by atoms with Crippen LogP contribution in [0.2, 0.25) is 10.0 Å². The topological polar surface area (TPSA) is 32.3 Å². The van der Waals surface area contributed by atoms with Crippen LogP contribution in [-0.4, -0.2) is 29.9 Å². The molecule has 0 bridgehead atoms. The number of nitrogens with one attached hydrogen (secondary N) is 1. The second kappa shape index (κ2) is 7.73. The first-order valence-corrected chi connectivity index (χ1v) is 8.61. The predicted octanol–water partition coefficient (Wildman–Crippen LogP) is 4.72. The first-order chi connectivity index (χ1) is 11.6. The van der Waals surface area contributed by atoms with Crippen LogP contribution in [0.15, 0.2) is 54.6 Å². The Balaban J connectivity index is 1.58. The standard InChI is InChI=1S/C19H18Cl2N2O/c20-17-8-4-5-14(19(17)21)9-10-18(24)23-12-11-16(13-23)22-15-6-2-1-3-7-15/h1-10,16,22H,11-13H2/b10-9+. The van der Waals surface area contributed by atoms with Crippen molar-refractivity contribution in [3.8, 4) is 0 Å². The zero-order valence-corrected chi connectivity index (χ0v) is 14.6. The number of benzene rings is 2. The molecule has 1 aliphatic rings. The smallest absolute Gasteiger partial charge is 0.246 e. The summed E-state index contributed by atoms with van der Waals surface area (Å²) in [5, 5.41) is 4.41. The second-order valence-electron chi connectivity index (χ2n) is 5.76. The molecule has 2 aromatic carbocycles. The van der Waals surface area contributed by atoms with E-state index in [2.05, 4.69) is 5.32 Å². The van der Waals surface area contributed by atoms with E-state index in [0.29, 0.717) is 16.6 Å². The number of likely N-dealkylation sites (tertiary alicyclic amines) is 1. The molecule has 0 radical (unpaired) electrons. The average Bonchev–Trinajstić information content (AvgIpc) is 3.05. The molecule has 2 aromatic rings. The van der Waals surface area contributed by atoms with Gasteiger partial charge in [-0.1, -0.05) is 53.5 Å². The lowest BCUT2D eigenvalue weighted by Gasteiger charge is -2.16. The largest absolute Gasteiger partial charge is 0.380 e. The number of hydrogen-bond donors (Lipinski definition) is 1. The maximum Gasteiger partial charge on any atom is 0.246 e. The molecule has 1 N–H and O–H groups in total. The highest BCUT2D eigenvalue weighted by Gasteiger charge is 2.24. The minimum atomic E-state index is -0.0107. The van der Waals surface area contributed by atoms with Crippen LogP contribution in [0.25, 0.3) is 6.08 Å². The SMILES string of the molecule is O=C(/C=C/c1cccc(Cl)c1Cl)N1CCC(Nc2ccccc2)C1. The lowest BCUT2D eigenvalue weighted by molar-refractivity contribution is -0.124. The van der Waals surface area contributed by atoms with Crippen molar-refractivity contribution >= 4 is 40.9 Å². The third-order valence-corrected chi connectivity index (χ3v) is 4.86. The van der Waals surface area contributed by atoms with Crippen molar-refractivity contribution in [3.63, 3.8) is 0 Å². The maximum absolute atomic E-state index is 12.3. The molecule has 0 aromatic heterocycles. The van der Waals surface area contributed by atoms with Gasteiger partial charge in [-0.3, -0.25) is 4.79 Å². The molecule has 1 atom stereocenters. The van der Waals surface area contributed by atoms with Gasteiger partial charge < -0.3 is 10.2 Å². The summed E-state index contributed by atoms with van der Waals surface area (Å²) in [6, 6.07) is 15.7. The minimum absolute atomic E-state index is 0.0107. The Morgan fingerprint density at radius 2 is 1.92 bits per heavy atom. The first kappa shape index (κ1) is 16.9. The van der Waals surface area contributed by atoms with Gasteiger partial charge in [0.25, 0.3) is 0 Å². The van der Waals surface area contributed by atoms with Crippen LogP contribution in [0.4, 0.5) is 5.69 Å². The van der Waals surface area contributed by atoms with Gasteiger partial charge in [-0.25, -0.2) is 0 Å². The first-order valence-electron chi connectivity index (χ1n) is 7.86. The molecule has 1 aliphatic heterocycles. The van der Waals surface area contributed by atoms with Crippen LogP contribution in [0.5, 0.6) is 0 Å². The second-order valence-corrected chi connectivity index (χ2v) is 6.54. The van der Waals surface area contributed by atoms with E-state index in [1.807, 2.05) is 47.4 Å². The number of hydrogen-bond acceptors (Lipinski definition) is 2. The molecule has 3 rings (SSSR count). The number of anilines is 1. The number of halogens is 2. The van der Waals surface area contributed by atoms with Gasteiger partial charge in [0.15, 0.2) is 0 Å². The van der Waals surface area contributed by atoms with E-state index in [-0.39, 0.29) is 11.9 Å². The van der Waals surface area contributed by atoms with Crippen molar-refractivity contribution in [1.29, 1.82) is 0 Å². The fraction of sp³-hybridized carbons (Fsp3) is 0.211. The van der Waals surface area contributed by atoms with Crippen molar-refractivity contribution < 1.29 is 4.79 Å². The maximum atomic E-state index is 12.3. The van der Waals surface area contributed by atoms with Crippen LogP contribution in [0.1, 0.15) is 12.0 Å². The van der Waals surface area contributed by atoms with E-state index in [9.17, 15) is 4.79 Å². The van der Waals surface area contributed by atoms with Crippen molar-refractivity contribution in [1.82, 2.24) is 4.90 Å². The van der Waals surface area contributed by atoms with E-state index >= 15 is 0 Å². The molecular weight excluding hydrogens is 343 g/mol. The number of amides is 1. The van der Waals surface area contributed by atoms with Gasteiger partial charge in [-0.2, -0.15) is 0 Å². The van der Waals surface area contributed by atoms with E-state index in [0.717, 1.165) is 24.2 Å². The van der Waals surface area contributed by atoms with Gasteiger partial charge in [0.2, 0.25) is 5.91 Å². The summed E-state index contributed by atoms with van der Waals surface area (Å²) in [6.45, 7) is 1.44. The summed E-state index contributed by atoms with van der Waals surface area (Å²) < 4.78 is 0. The molecular formula is C19H18Cl2N2O. The van der Waals surface area contributed by atoms with E-state index in [4.69, 9.17) is 23.2 Å². The average molecular weight is 361 g/mol. The van der Waals surface area contributed by atoms with Crippen molar-refractivity contribution in [3.05, 3.63) is 70.2 Å². The van der Waals surface area contributed by atoms with E-state index in [1.54, 1.807) is 18.2 Å². The van der Waals surface area contributed by atoms with Gasteiger partial charge in [0.1, 0.15) is 0 Å². The van der Waals surface area contributed by atoms with Crippen molar-refractivity contribution in [2.75, 3.05) is 18.4 Å². The summed E-state index contributed by atoms with van der Waals surface area (Å²) in [7, 11) is 0. The van der Waals surface area contributed by atoms with E-state index in [1.165, 1.54) is 0 Å². The third kappa shape index (κ3) is 4.11. The van der Waals surface area contributed by atoms with Gasteiger partial charge in [0, 0.05) is 30.9 Å². The molecule has 3 nitrogen and oxygen atoms in total. The summed E-state index contributed by atoms with van der Waals surface area (Å²) in [6.07, 6.45) is 4.21. The fourth-order valence-corrected chi connectivity index (χ4v) is 3.13. The molecule has 24 heavy (non-hydrogen) atoms. The third-order valence-electron chi connectivity index (χ3n) is 4.03. The quantitative estimate of drug-likeness (QED) is 0.800. The molecule has 1 unspecified atom stereocenters. The summed E-state index contributed by atoms with van der Waals surface area (Å²) >= 11 is 12.1. The number of nitrogens with zero attached hydrogens (tertiary/aromatic N) is 1. The van der Waals surface area contributed by atoms with Crippen LogP contribution < -0.4 is 5.32 Å². The molecule has 1 saturated heterocycles. The highest BCUT2D eigenvalue weighted by Crippen LogP contribution is 2.26. The Morgan fingerprint density at radius 1 is 1.12 bits per heavy atom. The van der Waals surface area contributed by atoms with Gasteiger partial charge in [0.05, 0.1) is 10.0 Å². The Hall–Kier alpha value is -1.97. The summed E-state index contributed by atoms with van der Waals surface area (Å²) in [4.78, 5) is 14.2. The molecule has 1 heterocycles. The molecule has 0 spiro atoms. The van der Waals surface area contributed by atoms with Crippen LogP contribution in [0, 0.1) is 0 Å². The lowest BCUT2D eigenvalue weighted by Crippen LogP contribution is -2.30. The zero-order chi connectivity index (χ0) is 16.9. The van der Waals surface area contributed by atoms with Gasteiger partial charge in [-0.05, 0) is 36.3 Å². The van der Waals surface area contributed by atoms with Gasteiger partial charge >= 0.3 is 0 Å². The number of carbonyl (C=O) groups excluding carboxylic acids is 1. The highest BCUT2D eigenvalue weighted by atomic mass is 35.5. The predicted molar refractivity (Wildman–Crippen MR) is 101 cm³/mol. The Labute approximate surface area is 151 Å². The summed E-state index contributed by atoms with van der Waals surface area (Å²) in [5.41, 5.74) is 1.83. The zero-order valence-electron chi connectivity index (χ0n) is 13.1. The Kier molecular flexibility index (Phi) is 5.44. The van der Waals surface area contributed by atoms with Crippen molar-refractivity contribution in [2.45, 2.75) is 12.5 Å². The van der Waals surface area contributed by atoms with Crippen molar-refractivity contribution in [2.24, 2.45) is 0 Å². The number of rotatable bonds is 4. The molecule has 0 aliphatic carbocycles. The normalized spacial score (nSPS) is 17.4. The van der Waals surface area contributed by atoms with Crippen LogP contribution >= 0.6 is 23.2 Å². The summed E-state index contributed by atoms with van der Waals surface area (Å²) in [5.74, 6) is -0.0107. The monoisotopic (exact) mass is 360 g/mol. The van der Waals surface area contributed by atoms with Crippen LogP contribution in [0.3, 0.4) is 0 Å². The molecule has 0 saturated carbocycles. The number of para-hydroxylation sites is 1. The molecule has 124 valence electrons. The lowest BCUT2D eigenvalue weighted by atomic mass is 10.2. The Morgan fingerprint density at radius 3 is 2.71 bits per heavy atom. The van der Waals surface area contributed by atoms with E-state index < -0.39 is 0 Å². The number of carbonyl (C=O) groups is 1. The molecule has 1 amide bonds. The highest BCUT2D eigenvalue weighted by molar-refractivity contribution is 6.42. The van der Waals surface area contributed by atoms with Gasteiger partial charge in [-0.15, -0.1) is 0 Å². The van der Waals surface area contributed by atoms with Crippen LogP contribution in [-0.2, 0) is 4.79 Å². The molecule has 5 heteroatoms. The fourth-order valence-electron chi connectivity index (χ4n) is 2.76. The molecule has 1 fully saturated rings.